The largest absolute Gasteiger partial charge is 0.368 e. The van der Waals surface area contributed by atoms with Crippen LogP contribution in [0.3, 0.4) is 0 Å². The van der Waals surface area contributed by atoms with Crippen LogP contribution < -0.4 is 11.1 Å². The topological polar surface area (TPSA) is 58.4 Å². The summed E-state index contributed by atoms with van der Waals surface area (Å²) in [5, 5.41) is 3.25. The zero-order chi connectivity index (χ0) is 11.5. The molecule has 0 radical (unpaired) electrons. The summed E-state index contributed by atoms with van der Waals surface area (Å²) in [6, 6.07) is 0.489. The molecule has 0 aromatic heterocycles. The molecule has 4 nitrogen and oxygen atoms in total. The first-order valence-electron chi connectivity index (χ1n) is 6.44. The van der Waals surface area contributed by atoms with Crippen molar-refractivity contribution in [1.29, 1.82) is 0 Å². The van der Waals surface area contributed by atoms with Gasteiger partial charge >= 0.3 is 0 Å². The maximum absolute atomic E-state index is 11.4. The Labute approximate surface area is 97.6 Å². The van der Waals surface area contributed by atoms with E-state index in [2.05, 4.69) is 17.1 Å². The van der Waals surface area contributed by atoms with E-state index < -0.39 is 0 Å². The second-order valence-electron chi connectivity index (χ2n) is 5.27. The molecule has 1 saturated heterocycles. The van der Waals surface area contributed by atoms with E-state index >= 15 is 0 Å². The fraction of sp³-hybridized carbons (Fsp3) is 0.917. The Kier molecular flexibility index (Phi) is 3.82. The number of nitrogens with one attached hydrogen (secondary N) is 1. The molecule has 0 spiro atoms. The zero-order valence-corrected chi connectivity index (χ0v) is 10.1. The molecule has 1 unspecified atom stereocenters. The fourth-order valence-corrected chi connectivity index (χ4v) is 3.00. The van der Waals surface area contributed by atoms with Crippen molar-refractivity contribution in [1.82, 2.24) is 10.2 Å². The number of nitrogens with two attached hydrogens (primary N) is 1. The van der Waals surface area contributed by atoms with Crippen LogP contribution in [0, 0.1) is 5.92 Å². The third-order valence-electron chi connectivity index (χ3n) is 4.07. The smallest absolute Gasteiger partial charge is 0.236 e. The standard InChI is InChI=1S/C12H23N3O/c1-9-2-4-10(5-3-9)15-7-6-14-8-11(15)12(13)16/h9-11,14H,2-8H2,1H3,(H2,13,16). The molecule has 2 aliphatic rings. The van der Waals surface area contributed by atoms with Gasteiger partial charge in [-0.2, -0.15) is 0 Å². The van der Waals surface area contributed by atoms with Crippen molar-refractivity contribution in [2.45, 2.75) is 44.7 Å². The van der Waals surface area contributed by atoms with Crippen LogP contribution in [0.2, 0.25) is 0 Å². The van der Waals surface area contributed by atoms with Crippen LogP contribution in [0.1, 0.15) is 32.6 Å². The van der Waals surface area contributed by atoms with Gasteiger partial charge in [-0.15, -0.1) is 0 Å². The van der Waals surface area contributed by atoms with Crippen LogP contribution in [0.15, 0.2) is 0 Å². The summed E-state index contributed by atoms with van der Waals surface area (Å²) >= 11 is 0. The molecule has 1 saturated carbocycles. The number of amides is 1. The van der Waals surface area contributed by atoms with E-state index in [1.54, 1.807) is 0 Å². The number of primary amides is 1. The highest BCUT2D eigenvalue weighted by atomic mass is 16.1. The Morgan fingerprint density at radius 1 is 1.31 bits per heavy atom. The number of piperazine rings is 1. The molecule has 1 heterocycles. The third-order valence-corrected chi connectivity index (χ3v) is 4.07. The lowest BCUT2D eigenvalue weighted by Gasteiger charge is -2.42. The Hall–Kier alpha value is -0.610. The number of hydrogen-bond donors (Lipinski definition) is 2. The first kappa shape index (κ1) is 11.9. The van der Waals surface area contributed by atoms with E-state index in [0.717, 1.165) is 25.6 Å². The van der Waals surface area contributed by atoms with Crippen molar-refractivity contribution in [2.24, 2.45) is 11.7 Å². The van der Waals surface area contributed by atoms with E-state index in [1.165, 1.54) is 25.7 Å². The van der Waals surface area contributed by atoms with Gasteiger partial charge in [0.05, 0.1) is 0 Å². The van der Waals surface area contributed by atoms with Gasteiger partial charge in [0.2, 0.25) is 5.91 Å². The molecule has 92 valence electrons. The van der Waals surface area contributed by atoms with Gasteiger partial charge in [-0.1, -0.05) is 6.92 Å². The van der Waals surface area contributed by atoms with Crippen LogP contribution in [0.4, 0.5) is 0 Å². The highest BCUT2D eigenvalue weighted by molar-refractivity contribution is 5.80. The molecule has 1 aliphatic heterocycles. The molecule has 0 aromatic rings. The van der Waals surface area contributed by atoms with Crippen molar-refractivity contribution in [2.75, 3.05) is 19.6 Å². The van der Waals surface area contributed by atoms with Gasteiger partial charge in [0.1, 0.15) is 6.04 Å². The predicted molar refractivity (Wildman–Crippen MR) is 64.0 cm³/mol. The van der Waals surface area contributed by atoms with E-state index in [9.17, 15) is 4.79 Å². The van der Waals surface area contributed by atoms with Crippen molar-refractivity contribution in [3.63, 3.8) is 0 Å². The lowest BCUT2D eigenvalue weighted by atomic mass is 9.85. The lowest BCUT2D eigenvalue weighted by molar-refractivity contribution is -0.125. The average molecular weight is 225 g/mol. The maximum atomic E-state index is 11.4. The number of hydrogen-bond acceptors (Lipinski definition) is 3. The van der Waals surface area contributed by atoms with E-state index in [-0.39, 0.29) is 11.9 Å². The number of rotatable bonds is 2. The van der Waals surface area contributed by atoms with Crippen LogP contribution >= 0.6 is 0 Å². The van der Waals surface area contributed by atoms with Gasteiger partial charge in [-0.3, -0.25) is 9.69 Å². The van der Waals surface area contributed by atoms with Crippen molar-refractivity contribution in [3.8, 4) is 0 Å². The third kappa shape index (κ3) is 2.55. The molecule has 1 amide bonds. The molecule has 4 heteroatoms. The molecular formula is C12H23N3O. The summed E-state index contributed by atoms with van der Waals surface area (Å²) in [6.07, 6.45) is 5.04. The summed E-state index contributed by atoms with van der Waals surface area (Å²) < 4.78 is 0. The van der Waals surface area contributed by atoms with Gasteiger partial charge < -0.3 is 11.1 Å². The molecule has 1 atom stereocenters. The summed E-state index contributed by atoms with van der Waals surface area (Å²) in [5.74, 6) is 0.678. The molecule has 0 aromatic carbocycles. The lowest BCUT2D eigenvalue weighted by Crippen LogP contribution is -2.60. The van der Waals surface area contributed by atoms with Gasteiger partial charge in [0.15, 0.2) is 0 Å². The average Bonchev–Trinajstić information content (AvgIpc) is 2.30. The minimum absolute atomic E-state index is 0.0906. The van der Waals surface area contributed by atoms with Crippen LogP contribution in [0.5, 0.6) is 0 Å². The summed E-state index contributed by atoms with van der Waals surface area (Å²) in [5.41, 5.74) is 5.47. The minimum Gasteiger partial charge on any atom is -0.368 e. The summed E-state index contributed by atoms with van der Waals surface area (Å²) in [7, 11) is 0. The molecule has 3 N–H and O–H groups in total. The first-order chi connectivity index (χ1) is 7.68. The normalized spacial score (nSPS) is 37.2. The van der Waals surface area contributed by atoms with Crippen molar-refractivity contribution >= 4 is 5.91 Å². The number of carbonyl (C=O) groups excluding carboxylic acids is 1. The molecule has 0 bridgehead atoms. The van der Waals surface area contributed by atoms with E-state index in [4.69, 9.17) is 5.73 Å². The number of nitrogens with zero attached hydrogens (tertiary/aromatic N) is 1. The highest BCUT2D eigenvalue weighted by Gasteiger charge is 2.33. The van der Waals surface area contributed by atoms with Crippen molar-refractivity contribution < 1.29 is 4.79 Å². The maximum Gasteiger partial charge on any atom is 0.236 e. The van der Waals surface area contributed by atoms with Crippen molar-refractivity contribution in [3.05, 3.63) is 0 Å². The minimum atomic E-state index is -0.175. The van der Waals surface area contributed by atoms with Crippen LogP contribution in [-0.2, 0) is 4.79 Å². The Morgan fingerprint density at radius 3 is 2.62 bits per heavy atom. The highest BCUT2D eigenvalue weighted by Crippen LogP contribution is 2.28. The predicted octanol–water partition coefficient (Wildman–Crippen LogP) is 0.324. The molecule has 2 fully saturated rings. The molecule has 16 heavy (non-hydrogen) atoms. The molecule has 1 aliphatic carbocycles. The molecule has 2 rings (SSSR count). The summed E-state index contributed by atoms with van der Waals surface area (Å²) in [4.78, 5) is 13.8. The van der Waals surface area contributed by atoms with E-state index in [0.29, 0.717) is 6.04 Å². The van der Waals surface area contributed by atoms with Gasteiger partial charge in [-0.25, -0.2) is 0 Å². The monoisotopic (exact) mass is 225 g/mol. The van der Waals surface area contributed by atoms with Crippen LogP contribution in [-0.4, -0.2) is 42.5 Å². The zero-order valence-electron chi connectivity index (χ0n) is 10.1. The SMILES string of the molecule is CC1CCC(N2CCNCC2C(N)=O)CC1. The number of carbonyl (C=O) groups is 1. The Bertz CT molecular complexity index is 249. The Balaban J connectivity index is 1.97. The Morgan fingerprint density at radius 2 is 2.00 bits per heavy atom. The van der Waals surface area contributed by atoms with Gasteiger partial charge in [-0.05, 0) is 31.6 Å². The first-order valence-corrected chi connectivity index (χ1v) is 6.44. The van der Waals surface area contributed by atoms with Crippen LogP contribution in [0.25, 0.3) is 0 Å². The fourth-order valence-electron chi connectivity index (χ4n) is 3.00. The van der Waals surface area contributed by atoms with E-state index in [1.807, 2.05) is 0 Å². The molecular weight excluding hydrogens is 202 g/mol. The van der Waals surface area contributed by atoms with Gasteiger partial charge in [0, 0.05) is 25.7 Å². The second-order valence-corrected chi connectivity index (χ2v) is 5.27. The summed E-state index contributed by atoms with van der Waals surface area (Å²) in [6.45, 7) is 4.99. The quantitative estimate of drug-likeness (QED) is 0.712. The second kappa shape index (κ2) is 5.15. The van der Waals surface area contributed by atoms with Gasteiger partial charge in [0.25, 0.3) is 0 Å².